The number of primary amides is 1. The molecule has 1 saturated carbocycles. The van der Waals surface area contributed by atoms with Gasteiger partial charge in [-0.15, -0.1) is 11.8 Å². The molecule has 116 valence electrons. The summed E-state index contributed by atoms with van der Waals surface area (Å²) in [6.07, 6.45) is 4.08. The standard InChI is InChI=1S/C16H23BrN2OS/c1-2-19-16(15(18)20)9-4-5-12(16)8-10-21-14-7-3-6-13(17)11-14/h3,6-7,11-12,19H,2,4-5,8-10H2,1H3,(H2,18,20). The molecule has 1 aromatic rings. The molecule has 21 heavy (non-hydrogen) atoms. The van der Waals surface area contributed by atoms with Gasteiger partial charge in [0.1, 0.15) is 5.54 Å². The van der Waals surface area contributed by atoms with Crippen molar-refractivity contribution >= 4 is 33.6 Å². The first kappa shape index (κ1) is 16.8. The Balaban J connectivity index is 1.93. The zero-order valence-corrected chi connectivity index (χ0v) is 14.8. The van der Waals surface area contributed by atoms with E-state index in [1.165, 1.54) is 4.90 Å². The Morgan fingerprint density at radius 1 is 1.57 bits per heavy atom. The minimum absolute atomic E-state index is 0.181. The molecular formula is C16H23BrN2OS. The molecule has 0 bridgehead atoms. The molecule has 0 aromatic heterocycles. The average molecular weight is 371 g/mol. The molecule has 0 spiro atoms. The molecule has 1 aliphatic rings. The van der Waals surface area contributed by atoms with Crippen LogP contribution in [0.3, 0.4) is 0 Å². The van der Waals surface area contributed by atoms with Gasteiger partial charge in [0.15, 0.2) is 0 Å². The van der Waals surface area contributed by atoms with Crippen molar-refractivity contribution in [2.45, 2.75) is 43.0 Å². The summed E-state index contributed by atoms with van der Waals surface area (Å²) in [5, 5.41) is 3.37. The fraction of sp³-hybridized carbons (Fsp3) is 0.562. The van der Waals surface area contributed by atoms with E-state index in [0.717, 1.165) is 42.5 Å². The Morgan fingerprint density at radius 3 is 3.05 bits per heavy atom. The zero-order valence-electron chi connectivity index (χ0n) is 12.4. The highest BCUT2D eigenvalue weighted by atomic mass is 79.9. The molecule has 5 heteroatoms. The molecule has 1 aromatic carbocycles. The van der Waals surface area contributed by atoms with E-state index in [4.69, 9.17) is 5.73 Å². The van der Waals surface area contributed by atoms with Crippen molar-refractivity contribution in [1.29, 1.82) is 0 Å². The van der Waals surface area contributed by atoms with Crippen LogP contribution in [0.4, 0.5) is 0 Å². The maximum atomic E-state index is 11.9. The van der Waals surface area contributed by atoms with E-state index in [-0.39, 0.29) is 5.91 Å². The first-order valence-electron chi connectivity index (χ1n) is 7.52. The molecule has 1 aliphatic carbocycles. The summed E-state index contributed by atoms with van der Waals surface area (Å²) in [6.45, 7) is 2.83. The normalized spacial score (nSPS) is 25.1. The Kier molecular flexibility index (Phi) is 6.14. The molecule has 2 atom stereocenters. The van der Waals surface area contributed by atoms with Crippen molar-refractivity contribution in [3.8, 4) is 0 Å². The van der Waals surface area contributed by atoms with Gasteiger partial charge in [-0.2, -0.15) is 0 Å². The number of hydrogen-bond donors (Lipinski definition) is 2. The number of nitrogens with one attached hydrogen (secondary N) is 1. The van der Waals surface area contributed by atoms with Crippen molar-refractivity contribution in [3.05, 3.63) is 28.7 Å². The van der Waals surface area contributed by atoms with Crippen LogP contribution in [0.25, 0.3) is 0 Å². The lowest BCUT2D eigenvalue weighted by Crippen LogP contribution is -2.57. The van der Waals surface area contributed by atoms with Crippen molar-refractivity contribution in [2.24, 2.45) is 11.7 Å². The molecule has 3 nitrogen and oxygen atoms in total. The van der Waals surface area contributed by atoms with Gasteiger partial charge in [0, 0.05) is 9.37 Å². The van der Waals surface area contributed by atoms with Gasteiger partial charge in [-0.25, -0.2) is 0 Å². The smallest absolute Gasteiger partial charge is 0.238 e. The second kappa shape index (κ2) is 7.65. The van der Waals surface area contributed by atoms with Crippen LogP contribution in [0.5, 0.6) is 0 Å². The van der Waals surface area contributed by atoms with E-state index in [0.29, 0.717) is 5.92 Å². The number of benzene rings is 1. The van der Waals surface area contributed by atoms with Crippen molar-refractivity contribution in [1.82, 2.24) is 5.32 Å². The van der Waals surface area contributed by atoms with Gasteiger partial charge in [-0.1, -0.05) is 35.3 Å². The summed E-state index contributed by atoms with van der Waals surface area (Å²) in [5.74, 6) is 1.19. The Bertz CT molecular complexity index is 497. The molecule has 0 heterocycles. The lowest BCUT2D eigenvalue weighted by molar-refractivity contribution is -0.125. The second-order valence-electron chi connectivity index (χ2n) is 5.55. The molecular weight excluding hydrogens is 348 g/mol. The van der Waals surface area contributed by atoms with Crippen LogP contribution >= 0.6 is 27.7 Å². The largest absolute Gasteiger partial charge is 0.368 e. The van der Waals surface area contributed by atoms with Gasteiger partial charge >= 0.3 is 0 Å². The van der Waals surface area contributed by atoms with E-state index in [2.05, 4.69) is 33.4 Å². The monoisotopic (exact) mass is 370 g/mol. The first-order valence-corrected chi connectivity index (χ1v) is 9.29. The van der Waals surface area contributed by atoms with Gasteiger partial charge in [0.2, 0.25) is 5.91 Å². The molecule has 3 N–H and O–H groups in total. The van der Waals surface area contributed by atoms with Crippen LogP contribution in [-0.4, -0.2) is 23.7 Å². The van der Waals surface area contributed by atoms with Gasteiger partial charge in [0.25, 0.3) is 0 Å². The number of thioether (sulfide) groups is 1. The van der Waals surface area contributed by atoms with Gasteiger partial charge in [0.05, 0.1) is 0 Å². The first-order chi connectivity index (χ1) is 10.1. The van der Waals surface area contributed by atoms with Crippen molar-refractivity contribution in [2.75, 3.05) is 12.3 Å². The predicted octanol–water partition coefficient (Wildman–Crippen LogP) is 3.57. The number of carbonyl (C=O) groups is 1. The number of amides is 1. The van der Waals surface area contributed by atoms with Gasteiger partial charge in [-0.3, -0.25) is 4.79 Å². The molecule has 0 saturated heterocycles. The fourth-order valence-corrected chi connectivity index (χ4v) is 4.88. The number of rotatable bonds is 7. The summed E-state index contributed by atoms with van der Waals surface area (Å²) >= 11 is 5.34. The van der Waals surface area contributed by atoms with Crippen LogP contribution in [0.1, 0.15) is 32.6 Å². The molecule has 0 radical (unpaired) electrons. The SMILES string of the molecule is CCNC1(C(N)=O)CCCC1CCSc1cccc(Br)c1. The summed E-state index contributed by atoms with van der Waals surface area (Å²) in [6, 6.07) is 8.33. The maximum Gasteiger partial charge on any atom is 0.238 e. The Morgan fingerprint density at radius 2 is 2.38 bits per heavy atom. The quantitative estimate of drug-likeness (QED) is 0.721. The van der Waals surface area contributed by atoms with Crippen LogP contribution in [0.15, 0.2) is 33.6 Å². The topological polar surface area (TPSA) is 55.1 Å². The third-order valence-corrected chi connectivity index (χ3v) is 5.80. The number of hydrogen-bond acceptors (Lipinski definition) is 3. The zero-order chi connectivity index (χ0) is 15.3. The van der Waals surface area contributed by atoms with Crippen LogP contribution < -0.4 is 11.1 Å². The average Bonchev–Trinajstić information content (AvgIpc) is 2.84. The van der Waals surface area contributed by atoms with Gasteiger partial charge < -0.3 is 11.1 Å². The summed E-state index contributed by atoms with van der Waals surface area (Å²) in [7, 11) is 0. The minimum Gasteiger partial charge on any atom is -0.368 e. The fourth-order valence-electron chi connectivity index (χ4n) is 3.30. The number of likely N-dealkylation sites (N-methyl/N-ethyl adjacent to an activating group) is 1. The third kappa shape index (κ3) is 4.02. The summed E-state index contributed by atoms with van der Waals surface area (Å²) in [5.41, 5.74) is 5.22. The van der Waals surface area contributed by atoms with Gasteiger partial charge in [-0.05, 0) is 55.7 Å². The van der Waals surface area contributed by atoms with Crippen LogP contribution in [-0.2, 0) is 4.79 Å². The molecule has 2 rings (SSSR count). The predicted molar refractivity (Wildman–Crippen MR) is 92.4 cm³/mol. The highest BCUT2D eigenvalue weighted by Gasteiger charge is 2.46. The van der Waals surface area contributed by atoms with Crippen LogP contribution in [0.2, 0.25) is 0 Å². The third-order valence-electron chi connectivity index (χ3n) is 4.28. The van der Waals surface area contributed by atoms with E-state index in [9.17, 15) is 4.79 Å². The maximum absolute atomic E-state index is 11.9. The van der Waals surface area contributed by atoms with Crippen molar-refractivity contribution < 1.29 is 4.79 Å². The van der Waals surface area contributed by atoms with Crippen molar-refractivity contribution in [3.63, 3.8) is 0 Å². The van der Waals surface area contributed by atoms with Crippen LogP contribution in [0, 0.1) is 5.92 Å². The highest BCUT2D eigenvalue weighted by Crippen LogP contribution is 2.39. The minimum atomic E-state index is -0.480. The molecule has 1 amide bonds. The molecule has 1 fully saturated rings. The lowest BCUT2D eigenvalue weighted by Gasteiger charge is -2.33. The summed E-state index contributed by atoms with van der Waals surface area (Å²) in [4.78, 5) is 13.2. The highest BCUT2D eigenvalue weighted by molar-refractivity contribution is 9.10. The lowest BCUT2D eigenvalue weighted by atomic mass is 9.84. The van der Waals surface area contributed by atoms with E-state index in [1.54, 1.807) is 0 Å². The summed E-state index contributed by atoms with van der Waals surface area (Å²) < 4.78 is 1.10. The van der Waals surface area contributed by atoms with E-state index >= 15 is 0 Å². The van der Waals surface area contributed by atoms with E-state index in [1.807, 2.05) is 30.8 Å². The second-order valence-corrected chi connectivity index (χ2v) is 7.63. The van der Waals surface area contributed by atoms with E-state index < -0.39 is 5.54 Å². The number of carbonyl (C=O) groups excluding carboxylic acids is 1. The molecule has 0 aliphatic heterocycles. The Labute approximate surface area is 139 Å². The Hall–Kier alpha value is -0.520. The molecule has 2 unspecified atom stereocenters. The number of nitrogens with two attached hydrogens (primary N) is 1. The number of halogens is 1.